The van der Waals surface area contributed by atoms with Crippen LogP contribution in [0.5, 0.6) is 0 Å². The summed E-state index contributed by atoms with van der Waals surface area (Å²) in [6.07, 6.45) is 1.46. The van der Waals surface area contributed by atoms with Gasteiger partial charge >= 0.3 is 5.97 Å². The van der Waals surface area contributed by atoms with Gasteiger partial charge in [-0.25, -0.2) is 0 Å². The molecule has 1 saturated heterocycles. The lowest BCUT2D eigenvalue weighted by Gasteiger charge is -2.19. The maximum Gasteiger partial charge on any atom is 0.308 e. The minimum absolute atomic E-state index is 0.130. The van der Waals surface area contributed by atoms with Crippen molar-refractivity contribution in [3.05, 3.63) is 23.8 Å². The van der Waals surface area contributed by atoms with Gasteiger partial charge in [-0.15, -0.1) is 0 Å². The lowest BCUT2D eigenvalue weighted by atomic mass is 10.1. The summed E-state index contributed by atoms with van der Waals surface area (Å²) in [5.74, 6) is -0.921. The lowest BCUT2D eigenvalue weighted by Crippen LogP contribution is -2.25. The number of hydrogen-bond donors (Lipinski definition) is 1. The maximum absolute atomic E-state index is 11.8. The van der Waals surface area contributed by atoms with Crippen LogP contribution in [0.15, 0.2) is 18.2 Å². The second-order valence-electron chi connectivity index (χ2n) is 5.96. The van der Waals surface area contributed by atoms with Crippen molar-refractivity contribution in [3.8, 4) is 0 Å². The van der Waals surface area contributed by atoms with Crippen molar-refractivity contribution in [2.75, 3.05) is 23.4 Å². The van der Waals surface area contributed by atoms with Gasteiger partial charge in [0.15, 0.2) is 6.61 Å². The number of nitrogens with zero attached hydrogens (tertiary/aromatic N) is 1. The van der Waals surface area contributed by atoms with E-state index in [1.54, 1.807) is 24.8 Å². The molecule has 0 unspecified atom stereocenters. The second kappa shape index (κ2) is 7.26. The fourth-order valence-corrected chi connectivity index (χ4v) is 2.44. The highest BCUT2D eigenvalue weighted by Crippen LogP contribution is 2.27. The van der Waals surface area contributed by atoms with Crippen LogP contribution in [0.2, 0.25) is 0 Å². The number of carbonyl (C=O) groups excluding carboxylic acids is 3. The van der Waals surface area contributed by atoms with Crippen LogP contribution in [0.4, 0.5) is 11.4 Å². The SMILES string of the molecule is Cc1cc(NC(=O)COC(=O)C(C)C)ccc1N1CCCC1=O. The molecule has 6 heteroatoms. The van der Waals surface area contributed by atoms with E-state index in [2.05, 4.69) is 5.32 Å². The van der Waals surface area contributed by atoms with E-state index in [4.69, 9.17) is 4.74 Å². The molecule has 1 aromatic carbocycles. The molecule has 0 aromatic heterocycles. The summed E-state index contributed by atoms with van der Waals surface area (Å²) in [4.78, 5) is 36.7. The number of amides is 2. The van der Waals surface area contributed by atoms with Crippen LogP contribution in [0, 0.1) is 12.8 Å². The Bertz CT molecular complexity index is 625. The zero-order valence-electron chi connectivity index (χ0n) is 13.7. The highest BCUT2D eigenvalue weighted by Gasteiger charge is 2.23. The fraction of sp³-hybridized carbons (Fsp3) is 0.471. The number of nitrogens with one attached hydrogen (secondary N) is 1. The quantitative estimate of drug-likeness (QED) is 0.845. The van der Waals surface area contributed by atoms with E-state index in [1.807, 2.05) is 19.1 Å². The van der Waals surface area contributed by atoms with Crippen molar-refractivity contribution in [2.45, 2.75) is 33.6 Å². The Kier molecular flexibility index (Phi) is 5.36. The summed E-state index contributed by atoms with van der Waals surface area (Å²) in [5, 5.41) is 2.69. The van der Waals surface area contributed by atoms with Crippen LogP contribution in [0.1, 0.15) is 32.3 Å². The molecule has 1 heterocycles. The molecule has 124 valence electrons. The summed E-state index contributed by atoms with van der Waals surface area (Å²) >= 11 is 0. The Morgan fingerprint density at radius 3 is 2.65 bits per heavy atom. The van der Waals surface area contributed by atoms with Crippen molar-refractivity contribution in [1.82, 2.24) is 0 Å². The molecular formula is C17H22N2O4. The standard InChI is InChI=1S/C17H22N2O4/c1-11(2)17(22)23-10-15(20)18-13-6-7-14(12(3)9-13)19-8-4-5-16(19)21/h6-7,9,11H,4-5,8,10H2,1-3H3,(H,18,20). The third-order valence-electron chi connectivity index (χ3n) is 3.66. The van der Waals surface area contributed by atoms with Gasteiger partial charge in [0.2, 0.25) is 5.91 Å². The zero-order valence-corrected chi connectivity index (χ0v) is 13.7. The van der Waals surface area contributed by atoms with E-state index in [9.17, 15) is 14.4 Å². The number of rotatable bonds is 5. The number of anilines is 2. The van der Waals surface area contributed by atoms with Crippen molar-refractivity contribution < 1.29 is 19.1 Å². The minimum atomic E-state index is -0.403. The molecule has 23 heavy (non-hydrogen) atoms. The first kappa shape index (κ1) is 17.0. The predicted molar refractivity (Wildman–Crippen MR) is 87.2 cm³/mol. The minimum Gasteiger partial charge on any atom is -0.455 e. The number of esters is 1. The molecule has 0 saturated carbocycles. The molecule has 1 N–H and O–H groups in total. The van der Waals surface area contributed by atoms with Gasteiger partial charge in [0.25, 0.3) is 5.91 Å². The summed E-state index contributed by atoms with van der Waals surface area (Å²) in [7, 11) is 0. The highest BCUT2D eigenvalue weighted by molar-refractivity contribution is 5.97. The molecule has 0 atom stereocenters. The lowest BCUT2D eigenvalue weighted by molar-refractivity contribution is -0.150. The number of benzene rings is 1. The fourth-order valence-electron chi connectivity index (χ4n) is 2.44. The monoisotopic (exact) mass is 318 g/mol. The summed E-state index contributed by atoms with van der Waals surface area (Å²) in [6, 6.07) is 5.38. The van der Waals surface area contributed by atoms with Gasteiger partial charge in [-0.05, 0) is 37.1 Å². The summed E-state index contributed by atoms with van der Waals surface area (Å²) in [5.41, 5.74) is 2.40. The zero-order chi connectivity index (χ0) is 17.0. The smallest absolute Gasteiger partial charge is 0.308 e. The van der Waals surface area contributed by atoms with Crippen LogP contribution in [-0.4, -0.2) is 30.9 Å². The number of ether oxygens (including phenoxy) is 1. The molecule has 2 amide bonds. The Labute approximate surface area is 135 Å². The Hall–Kier alpha value is -2.37. The number of hydrogen-bond acceptors (Lipinski definition) is 4. The molecule has 0 bridgehead atoms. The van der Waals surface area contributed by atoms with Crippen LogP contribution in [0.3, 0.4) is 0 Å². The van der Waals surface area contributed by atoms with Crippen LogP contribution in [-0.2, 0) is 19.1 Å². The van der Waals surface area contributed by atoms with Crippen LogP contribution in [0.25, 0.3) is 0 Å². The average molecular weight is 318 g/mol. The maximum atomic E-state index is 11.8. The van der Waals surface area contributed by atoms with Crippen molar-refractivity contribution in [1.29, 1.82) is 0 Å². The third kappa shape index (κ3) is 4.31. The average Bonchev–Trinajstić information content (AvgIpc) is 2.91. The summed E-state index contributed by atoms with van der Waals surface area (Å²) in [6.45, 7) is 5.75. The van der Waals surface area contributed by atoms with E-state index in [0.717, 1.165) is 24.2 Å². The predicted octanol–water partition coefficient (Wildman–Crippen LogP) is 2.26. The molecule has 0 aliphatic carbocycles. The molecule has 1 aliphatic rings. The largest absolute Gasteiger partial charge is 0.455 e. The molecular weight excluding hydrogens is 296 g/mol. The van der Waals surface area contributed by atoms with Gasteiger partial charge in [0.05, 0.1) is 5.92 Å². The first-order valence-electron chi connectivity index (χ1n) is 7.76. The van der Waals surface area contributed by atoms with E-state index < -0.39 is 5.97 Å². The first-order valence-corrected chi connectivity index (χ1v) is 7.76. The Balaban J connectivity index is 1.96. The Morgan fingerprint density at radius 2 is 2.09 bits per heavy atom. The van der Waals surface area contributed by atoms with Gasteiger partial charge in [-0.2, -0.15) is 0 Å². The second-order valence-corrected chi connectivity index (χ2v) is 5.96. The molecule has 0 spiro atoms. The van der Waals surface area contributed by atoms with Gasteiger partial charge in [-0.3, -0.25) is 14.4 Å². The van der Waals surface area contributed by atoms with Crippen molar-refractivity contribution >= 4 is 29.2 Å². The van der Waals surface area contributed by atoms with E-state index in [0.29, 0.717) is 12.1 Å². The van der Waals surface area contributed by atoms with Gasteiger partial charge < -0.3 is 15.0 Å². The molecule has 6 nitrogen and oxygen atoms in total. The normalized spacial score (nSPS) is 14.3. The van der Waals surface area contributed by atoms with E-state index in [1.165, 1.54) is 0 Å². The molecule has 2 rings (SSSR count). The third-order valence-corrected chi connectivity index (χ3v) is 3.66. The Morgan fingerprint density at radius 1 is 1.35 bits per heavy atom. The number of carbonyl (C=O) groups is 3. The van der Waals surface area contributed by atoms with Gasteiger partial charge in [-0.1, -0.05) is 13.8 Å². The van der Waals surface area contributed by atoms with Gasteiger partial charge in [0, 0.05) is 24.3 Å². The van der Waals surface area contributed by atoms with Crippen molar-refractivity contribution in [3.63, 3.8) is 0 Å². The summed E-state index contributed by atoms with van der Waals surface area (Å²) < 4.78 is 4.88. The van der Waals surface area contributed by atoms with E-state index in [-0.39, 0.29) is 24.3 Å². The molecule has 1 aliphatic heterocycles. The first-order chi connectivity index (χ1) is 10.9. The van der Waals surface area contributed by atoms with Gasteiger partial charge in [0.1, 0.15) is 0 Å². The van der Waals surface area contributed by atoms with Crippen molar-refractivity contribution in [2.24, 2.45) is 5.92 Å². The van der Waals surface area contributed by atoms with E-state index >= 15 is 0 Å². The number of aryl methyl sites for hydroxylation is 1. The van der Waals surface area contributed by atoms with Crippen LogP contribution >= 0.6 is 0 Å². The van der Waals surface area contributed by atoms with Crippen LogP contribution < -0.4 is 10.2 Å². The molecule has 1 fully saturated rings. The molecule has 0 radical (unpaired) electrons. The topological polar surface area (TPSA) is 75.7 Å². The highest BCUT2D eigenvalue weighted by atomic mass is 16.5. The molecule has 1 aromatic rings.